The van der Waals surface area contributed by atoms with Gasteiger partial charge in [0.25, 0.3) is 0 Å². The summed E-state index contributed by atoms with van der Waals surface area (Å²) in [5, 5.41) is 10.3. The van der Waals surface area contributed by atoms with E-state index in [1.54, 1.807) is 0 Å². The molecule has 2 atom stereocenters. The highest BCUT2D eigenvalue weighted by Crippen LogP contribution is 2.37. The second-order valence-electron chi connectivity index (χ2n) is 8.36. The van der Waals surface area contributed by atoms with Gasteiger partial charge < -0.3 is 9.53 Å². The number of likely N-dealkylation sites (tertiary alicyclic amines) is 1. The molecule has 1 aromatic carbocycles. The van der Waals surface area contributed by atoms with Crippen LogP contribution in [0.3, 0.4) is 0 Å². The first-order valence-corrected chi connectivity index (χ1v) is 11.7. The molecule has 1 aromatic rings. The van der Waals surface area contributed by atoms with Gasteiger partial charge in [0.05, 0.1) is 6.10 Å². The number of rotatable bonds is 5. The average molecular weight is 336 g/mol. The van der Waals surface area contributed by atoms with Gasteiger partial charge in [0.2, 0.25) is 0 Å². The van der Waals surface area contributed by atoms with Gasteiger partial charge in [-0.25, -0.2) is 0 Å². The molecular weight excluding hydrogens is 302 g/mol. The van der Waals surface area contributed by atoms with Crippen molar-refractivity contribution in [3.63, 3.8) is 0 Å². The number of piperidine rings is 1. The second kappa shape index (κ2) is 7.47. The molecule has 2 unspecified atom stereocenters. The van der Waals surface area contributed by atoms with Gasteiger partial charge in [-0.05, 0) is 36.5 Å². The molecule has 1 aliphatic rings. The van der Waals surface area contributed by atoms with Gasteiger partial charge >= 0.3 is 0 Å². The Balaban J connectivity index is 2.00. The molecule has 0 bridgehead atoms. The van der Waals surface area contributed by atoms with E-state index in [2.05, 4.69) is 69.1 Å². The van der Waals surface area contributed by atoms with E-state index in [0.29, 0.717) is 6.04 Å². The molecule has 1 fully saturated rings. The van der Waals surface area contributed by atoms with Crippen LogP contribution in [0.25, 0.3) is 0 Å². The Morgan fingerprint density at radius 3 is 2.48 bits per heavy atom. The number of hydrogen-bond donors (Lipinski definition) is 1. The maximum atomic E-state index is 10.1. The van der Waals surface area contributed by atoms with E-state index in [0.717, 1.165) is 32.5 Å². The summed E-state index contributed by atoms with van der Waals surface area (Å²) in [5.41, 5.74) is 1.33. The zero-order valence-electron chi connectivity index (χ0n) is 15.4. The van der Waals surface area contributed by atoms with Crippen molar-refractivity contribution < 1.29 is 9.53 Å². The highest BCUT2D eigenvalue weighted by atomic mass is 28.4. The molecule has 4 heteroatoms. The van der Waals surface area contributed by atoms with Crippen LogP contribution in [-0.4, -0.2) is 43.6 Å². The zero-order valence-corrected chi connectivity index (χ0v) is 16.4. The summed E-state index contributed by atoms with van der Waals surface area (Å²) in [4.78, 5) is 2.48. The smallest absolute Gasteiger partial charge is 0.192 e. The number of hydrogen-bond acceptors (Lipinski definition) is 3. The molecule has 1 saturated heterocycles. The van der Waals surface area contributed by atoms with Crippen LogP contribution in [0.5, 0.6) is 0 Å². The summed E-state index contributed by atoms with van der Waals surface area (Å²) in [6.45, 7) is 14.0. The summed E-state index contributed by atoms with van der Waals surface area (Å²) < 4.78 is 6.44. The molecule has 3 nitrogen and oxygen atoms in total. The molecule has 130 valence electrons. The van der Waals surface area contributed by atoms with E-state index < -0.39 is 8.32 Å². The van der Waals surface area contributed by atoms with Crippen LogP contribution in [0.1, 0.15) is 39.2 Å². The first-order chi connectivity index (χ1) is 10.7. The standard InChI is InChI=1S/C19H33NO2Si/c1-19(2,3)23(4,5)22-15-17-13-18(21)11-12-20(17)14-16-9-7-6-8-10-16/h6-10,17-18,21H,11-15H2,1-5H3. The number of aliphatic hydroxyl groups excluding tert-OH is 1. The zero-order chi connectivity index (χ0) is 17.1. The van der Waals surface area contributed by atoms with Crippen molar-refractivity contribution in [3.05, 3.63) is 35.9 Å². The van der Waals surface area contributed by atoms with Gasteiger partial charge in [-0.15, -0.1) is 0 Å². The van der Waals surface area contributed by atoms with Gasteiger partial charge in [-0.3, -0.25) is 4.90 Å². The summed E-state index contributed by atoms with van der Waals surface area (Å²) in [7, 11) is -1.74. The molecular formula is C19H33NO2Si. The van der Waals surface area contributed by atoms with E-state index in [-0.39, 0.29) is 11.1 Å². The Bertz CT molecular complexity index is 484. The monoisotopic (exact) mass is 335 g/mol. The lowest BCUT2D eigenvalue weighted by Gasteiger charge is -2.42. The van der Waals surface area contributed by atoms with Crippen molar-refractivity contribution in [3.8, 4) is 0 Å². The van der Waals surface area contributed by atoms with Gasteiger partial charge in [0.15, 0.2) is 8.32 Å². The molecule has 0 amide bonds. The first-order valence-electron chi connectivity index (χ1n) is 8.79. The van der Waals surface area contributed by atoms with Crippen LogP contribution in [0.2, 0.25) is 18.1 Å². The van der Waals surface area contributed by atoms with Crippen molar-refractivity contribution in [2.75, 3.05) is 13.2 Å². The van der Waals surface area contributed by atoms with Crippen LogP contribution < -0.4 is 0 Å². The Labute approximate surface area is 142 Å². The second-order valence-corrected chi connectivity index (χ2v) is 13.2. The predicted molar refractivity (Wildman–Crippen MR) is 99.0 cm³/mol. The van der Waals surface area contributed by atoms with Crippen LogP contribution in [0, 0.1) is 0 Å². The van der Waals surface area contributed by atoms with Crippen LogP contribution in [0.4, 0.5) is 0 Å². The molecule has 1 aliphatic heterocycles. The first kappa shape index (κ1) is 18.7. The Morgan fingerprint density at radius 1 is 1.22 bits per heavy atom. The fraction of sp³-hybridized carbons (Fsp3) is 0.684. The van der Waals surface area contributed by atoms with Crippen molar-refractivity contribution in [1.82, 2.24) is 4.90 Å². The minimum Gasteiger partial charge on any atom is -0.415 e. The minimum atomic E-state index is -1.74. The predicted octanol–water partition coefficient (Wildman–Crippen LogP) is 4.03. The van der Waals surface area contributed by atoms with Gasteiger partial charge in [-0.2, -0.15) is 0 Å². The maximum absolute atomic E-state index is 10.1. The molecule has 0 aliphatic carbocycles. The van der Waals surface area contributed by atoms with Crippen LogP contribution in [0.15, 0.2) is 30.3 Å². The van der Waals surface area contributed by atoms with E-state index in [4.69, 9.17) is 4.43 Å². The van der Waals surface area contributed by atoms with Crippen molar-refractivity contribution in [2.45, 2.75) is 70.4 Å². The molecule has 1 N–H and O–H groups in total. The normalized spacial score (nSPS) is 23.9. The fourth-order valence-corrected chi connectivity index (χ4v) is 3.84. The number of aliphatic hydroxyl groups is 1. The quantitative estimate of drug-likeness (QED) is 0.825. The van der Waals surface area contributed by atoms with Gasteiger partial charge in [-0.1, -0.05) is 51.1 Å². The van der Waals surface area contributed by atoms with Gasteiger partial charge in [0.1, 0.15) is 0 Å². The highest BCUT2D eigenvalue weighted by molar-refractivity contribution is 6.74. The van der Waals surface area contributed by atoms with E-state index in [1.165, 1.54) is 5.56 Å². The molecule has 1 heterocycles. The number of nitrogens with zero attached hydrogens (tertiary/aromatic N) is 1. The Kier molecular flexibility index (Phi) is 6.06. The SMILES string of the molecule is CC(C)(C)[Si](C)(C)OCC1CC(O)CCN1Cc1ccccc1. The molecule has 0 aromatic heterocycles. The van der Waals surface area contributed by atoms with Crippen LogP contribution in [-0.2, 0) is 11.0 Å². The third kappa shape index (κ3) is 5.15. The molecule has 0 spiro atoms. The minimum absolute atomic E-state index is 0.185. The fourth-order valence-electron chi connectivity index (χ4n) is 2.80. The molecule has 0 radical (unpaired) electrons. The topological polar surface area (TPSA) is 32.7 Å². The molecule has 2 rings (SSSR count). The third-order valence-corrected chi connectivity index (χ3v) is 9.98. The third-order valence-electron chi connectivity index (χ3n) is 5.48. The Morgan fingerprint density at radius 2 is 1.87 bits per heavy atom. The van der Waals surface area contributed by atoms with Crippen molar-refractivity contribution in [1.29, 1.82) is 0 Å². The summed E-state index contributed by atoms with van der Waals surface area (Å²) in [6.07, 6.45) is 1.50. The lowest BCUT2D eigenvalue weighted by Crippen LogP contribution is -2.50. The van der Waals surface area contributed by atoms with Crippen molar-refractivity contribution in [2.24, 2.45) is 0 Å². The van der Waals surface area contributed by atoms with Crippen LogP contribution >= 0.6 is 0 Å². The molecule has 0 saturated carbocycles. The highest BCUT2D eigenvalue weighted by Gasteiger charge is 2.38. The lowest BCUT2D eigenvalue weighted by molar-refractivity contribution is 0.0152. The summed E-state index contributed by atoms with van der Waals surface area (Å²) >= 11 is 0. The lowest BCUT2D eigenvalue weighted by atomic mass is 9.99. The Hall–Kier alpha value is -0.683. The maximum Gasteiger partial charge on any atom is 0.192 e. The van der Waals surface area contributed by atoms with Gasteiger partial charge in [0, 0.05) is 25.7 Å². The van der Waals surface area contributed by atoms with E-state index in [1.807, 2.05) is 0 Å². The summed E-state index contributed by atoms with van der Waals surface area (Å²) in [5.74, 6) is 0. The largest absolute Gasteiger partial charge is 0.415 e. The van der Waals surface area contributed by atoms with E-state index in [9.17, 15) is 5.11 Å². The van der Waals surface area contributed by atoms with E-state index >= 15 is 0 Å². The summed E-state index contributed by atoms with van der Waals surface area (Å²) in [6, 6.07) is 10.9. The average Bonchev–Trinajstić information content (AvgIpc) is 2.47. The number of benzene rings is 1. The van der Waals surface area contributed by atoms with Crippen molar-refractivity contribution >= 4 is 8.32 Å². The molecule has 23 heavy (non-hydrogen) atoms.